The van der Waals surface area contributed by atoms with Gasteiger partial charge in [-0.3, -0.25) is 0 Å². The molecule has 0 bridgehead atoms. The zero-order valence-corrected chi connectivity index (χ0v) is 13.4. The fourth-order valence-corrected chi connectivity index (χ4v) is 3.13. The van der Waals surface area contributed by atoms with Crippen LogP contribution in [-0.2, 0) is 13.2 Å². The van der Waals surface area contributed by atoms with Crippen LogP contribution >= 0.6 is 27.3 Å². The number of hydrogen-bond acceptors (Lipinski definition) is 3. The molecule has 0 aliphatic heterocycles. The van der Waals surface area contributed by atoms with Gasteiger partial charge in [-0.05, 0) is 41.0 Å². The van der Waals surface area contributed by atoms with Crippen molar-refractivity contribution in [1.82, 2.24) is 5.32 Å². The first kappa shape index (κ1) is 14.6. The van der Waals surface area contributed by atoms with Crippen LogP contribution in [0.15, 0.2) is 40.2 Å². The quantitative estimate of drug-likeness (QED) is 0.745. The van der Waals surface area contributed by atoms with Gasteiger partial charge in [-0.15, -0.1) is 11.3 Å². The van der Waals surface area contributed by atoms with Crippen LogP contribution in [0, 0.1) is 0 Å². The molecule has 102 valence electrons. The maximum Gasteiger partial charge on any atom is 0.124 e. The Morgan fingerprint density at radius 1 is 1.32 bits per heavy atom. The molecule has 0 atom stereocenters. The maximum atomic E-state index is 5.92. The molecular weight excluding hydrogens is 322 g/mol. The van der Waals surface area contributed by atoms with Crippen molar-refractivity contribution >= 4 is 27.3 Å². The van der Waals surface area contributed by atoms with E-state index in [-0.39, 0.29) is 0 Å². The smallest absolute Gasteiger partial charge is 0.124 e. The van der Waals surface area contributed by atoms with Gasteiger partial charge in [0.15, 0.2) is 0 Å². The lowest BCUT2D eigenvalue weighted by atomic mass is 10.2. The summed E-state index contributed by atoms with van der Waals surface area (Å²) in [7, 11) is 0. The van der Waals surface area contributed by atoms with Crippen molar-refractivity contribution in [2.24, 2.45) is 0 Å². The Kier molecular flexibility index (Phi) is 5.89. The van der Waals surface area contributed by atoms with Crippen molar-refractivity contribution in [3.05, 3.63) is 50.6 Å². The highest BCUT2D eigenvalue weighted by molar-refractivity contribution is 9.10. The van der Waals surface area contributed by atoms with E-state index in [1.54, 1.807) is 11.3 Å². The predicted molar refractivity (Wildman–Crippen MR) is 84.8 cm³/mol. The number of thiophene rings is 1. The molecule has 1 aromatic heterocycles. The molecule has 0 unspecified atom stereocenters. The van der Waals surface area contributed by atoms with E-state index in [0.717, 1.165) is 29.7 Å². The summed E-state index contributed by atoms with van der Waals surface area (Å²) in [6, 6.07) is 10.3. The monoisotopic (exact) mass is 339 g/mol. The second-order valence-corrected chi connectivity index (χ2v) is 6.22. The summed E-state index contributed by atoms with van der Waals surface area (Å²) in [5, 5.41) is 5.49. The lowest BCUT2D eigenvalue weighted by molar-refractivity contribution is 0.305. The third-order valence-electron chi connectivity index (χ3n) is 2.71. The van der Waals surface area contributed by atoms with Crippen LogP contribution in [0.2, 0.25) is 0 Å². The van der Waals surface area contributed by atoms with Crippen molar-refractivity contribution < 1.29 is 4.74 Å². The molecule has 0 amide bonds. The molecule has 0 radical (unpaired) electrons. The average Bonchev–Trinajstić information content (AvgIpc) is 2.84. The molecule has 19 heavy (non-hydrogen) atoms. The summed E-state index contributed by atoms with van der Waals surface area (Å²) in [5.74, 6) is 0.968. The molecule has 1 aromatic carbocycles. The summed E-state index contributed by atoms with van der Waals surface area (Å²) in [6.07, 6.45) is 1.15. The van der Waals surface area contributed by atoms with Gasteiger partial charge in [-0.2, -0.15) is 0 Å². The summed E-state index contributed by atoms with van der Waals surface area (Å²) in [4.78, 5) is 1.23. The van der Waals surface area contributed by atoms with Crippen LogP contribution in [0.5, 0.6) is 5.75 Å². The first-order chi connectivity index (χ1) is 9.29. The van der Waals surface area contributed by atoms with Gasteiger partial charge in [0.2, 0.25) is 0 Å². The third kappa shape index (κ3) is 4.64. The SMILES string of the molecule is CCCNCc1ccccc1OCc1cc(Br)cs1. The van der Waals surface area contributed by atoms with Crippen molar-refractivity contribution in [3.63, 3.8) is 0 Å². The first-order valence-corrected chi connectivity index (χ1v) is 8.11. The van der Waals surface area contributed by atoms with Gasteiger partial charge in [-0.1, -0.05) is 25.1 Å². The maximum absolute atomic E-state index is 5.92. The van der Waals surface area contributed by atoms with Gasteiger partial charge in [0.25, 0.3) is 0 Å². The zero-order chi connectivity index (χ0) is 13.5. The fraction of sp³-hybridized carbons (Fsp3) is 0.333. The molecule has 0 spiro atoms. The Hall–Kier alpha value is -0.840. The van der Waals surface area contributed by atoms with E-state index in [1.807, 2.05) is 12.1 Å². The second-order valence-electron chi connectivity index (χ2n) is 4.30. The molecule has 2 rings (SSSR count). The molecule has 4 heteroatoms. The standard InChI is InChI=1S/C15H18BrNOS/c1-2-7-17-9-12-5-3-4-6-15(12)18-10-14-8-13(16)11-19-14/h3-6,8,11,17H,2,7,9-10H2,1H3. The van der Waals surface area contributed by atoms with Gasteiger partial charge >= 0.3 is 0 Å². The van der Waals surface area contributed by atoms with Crippen LogP contribution in [0.3, 0.4) is 0 Å². The zero-order valence-electron chi connectivity index (χ0n) is 11.0. The highest BCUT2D eigenvalue weighted by Crippen LogP contribution is 2.23. The number of rotatable bonds is 7. The van der Waals surface area contributed by atoms with Crippen LogP contribution < -0.4 is 10.1 Å². The summed E-state index contributed by atoms with van der Waals surface area (Å²) >= 11 is 5.17. The van der Waals surface area contributed by atoms with E-state index >= 15 is 0 Å². The molecule has 1 heterocycles. The normalized spacial score (nSPS) is 10.6. The average molecular weight is 340 g/mol. The van der Waals surface area contributed by atoms with Crippen molar-refractivity contribution in [2.45, 2.75) is 26.5 Å². The topological polar surface area (TPSA) is 21.3 Å². The van der Waals surface area contributed by atoms with Crippen molar-refractivity contribution in [3.8, 4) is 5.75 Å². The Bertz CT molecular complexity index is 512. The molecule has 1 N–H and O–H groups in total. The first-order valence-electron chi connectivity index (χ1n) is 6.44. The van der Waals surface area contributed by atoms with Crippen LogP contribution in [0.25, 0.3) is 0 Å². The second kappa shape index (κ2) is 7.68. The minimum absolute atomic E-state index is 0.626. The largest absolute Gasteiger partial charge is 0.488 e. The number of hydrogen-bond donors (Lipinski definition) is 1. The Morgan fingerprint density at radius 3 is 2.89 bits per heavy atom. The minimum Gasteiger partial charge on any atom is -0.488 e. The number of ether oxygens (including phenoxy) is 1. The molecule has 0 aliphatic carbocycles. The van der Waals surface area contributed by atoms with E-state index in [0.29, 0.717) is 6.61 Å². The summed E-state index contributed by atoms with van der Waals surface area (Å²) < 4.78 is 7.04. The van der Waals surface area contributed by atoms with E-state index in [4.69, 9.17) is 4.74 Å². The van der Waals surface area contributed by atoms with Gasteiger partial charge in [0.05, 0.1) is 0 Å². The van der Waals surface area contributed by atoms with Gasteiger partial charge in [0.1, 0.15) is 12.4 Å². The molecular formula is C15H18BrNOS. The van der Waals surface area contributed by atoms with Crippen LogP contribution in [-0.4, -0.2) is 6.54 Å². The molecule has 0 fully saturated rings. The molecule has 0 saturated carbocycles. The number of halogens is 1. The number of nitrogens with one attached hydrogen (secondary N) is 1. The number of benzene rings is 1. The Morgan fingerprint density at radius 2 is 2.16 bits per heavy atom. The molecule has 2 nitrogen and oxygen atoms in total. The summed E-state index contributed by atoms with van der Waals surface area (Å²) in [5.41, 5.74) is 1.21. The third-order valence-corrected chi connectivity index (χ3v) is 4.38. The Balaban J connectivity index is 1.95. The predicted octanol–water partition coefficient (Wildman–Crippen LogP) is 4.59. The van der Waals surface area contributed by atoms with E-state index in [9.17, 15) is 0 Å². The number of para-hydroxylation sites is 1. The van der Waals surface area contributed by atoms with E-state index in [2.05, 4.69) is 51.7 Å². The van der Waals surface area contributed by atoms with E-state index in [1.165, 1.54) is 10.4 Å². The van der Waals surface area contributed by atoms with Crippen LogP contribution in [0.1, 0.15) is 23.8 Å². The van der Waals surface area contributed by atoms with Crippen molar-refractivity contribution in [1.29, 1.82) is 0 Å². The molecule has 2 aromatic rings. The molecule has 0 saturated heterocycles. The summed E-state index contributed by atoms with van der Waals surface area (Å²) in [6.45, 7) is 4.69. The van der Waals surface area contributed by atoms with Crippen molar-refractivity contribution in [2.75, 3.05) is 6.54 Å². The van der Waals surface area contributed by atoms with Crippen LogP contribution in [0.4, 0.5) is 0 Å². The highest BCUT2D eigenvalue weighted by atomic mass is 79.9. The fourth-order valence-electron chi connectivity index (χ4n) is 1.77. The lowest BCUT2D eigenvalue weighted by Crippen LogP contribution is -2.14. The lowest BCUT2D eigenvalue weighted by Gasteiger charge is -2.11. The van der Waals surface area contributed by atoms with E-state index < -0.39 is 0 Å². The van der Waals surface area contributed by atoms with Gasteiger partial charge in [-0.25, -0.2) is 0 Å². The Labute approximate surface area is 126 Å². The van der Waals surface area contributed by atoms with Gasteiger partial charge in [0, 0.05) is 26.8 Å². The van der Waals surface area contributed by atoms with Gasteiger partial charge < -0.3 is 10.1 Å². The minimum atomic E-state index is 0.626. The highest BCUT2D eigenvalue weighted by Gasteiger charge is 2.04. The molecule has 0 aliphatic rings.